The van der Waals surface area contributed by atoms with Crippen molar-refractivity contribution in [2.24, 2.45) is 5.92 Å². The molecule has 0 bridgehead atoms. The van der Waals surface area contributed by atoms with Crippen LogP contribution in [0.3, 0.4) is 0 Å². The molecule has 1 aromatic rings. The number of furan rings is 1. The lowest BCUT2D eigenvalue weighted by Gasteiger charge is -2.28. The Bertz CT molecular complexity index is 271. The number of rotatable bonds is 4. The number of hydrogen-bond acceptors (Lipinski definition) is 3. The average Bonchev–Trinajstić information content (AvgIpc) is 2.71. The molecule has 0 saturated carbocycles. The Morgan fingerprint density at radius 2 is 2.53 bits per heavy atom. The van der Waals surface area contributed by atoms with E-state index in [0.29, 0.717) is 6.04 Å². The smallest absolute Gasteiger partial charge is 0.117 e. The Kier molecular flexibility index (Phi) is 3.80. The summed E-state index contributed by atoms with van der Waals surface area (Å²) in [7, 11) is 0. The van der Waals surface area contributed by atoms with Gasteiger partial charge in [-0.2, -0.15) is 0 Å². The minimum Gasteiger partial charge on any atom is -0.468 e. The molecule has 15 heavy (non-hydrogen) atoms. The first-order valence-electron chi connectivity index (χ1n) is 5.81. The van der Waals surface area contributed by atoms with Crippen molar-refractivity contribution in [3.05, 3.63) is 24.2 Å². The first kappa shape index (κ1) is 10.7. The number of piperidine rings is 1. The van der Waals surface area contributed by atoms with E-state index in [1.165, 1.54) is 12.8 Å². The standard InChI is InChI=1S/C12H20N2O/c1-10-7-11(4-5-14-10)8-13-9-12-3-2-6-15-12/h2-3,6,10-11,13-14H,4-5,7-9H2,1H3. The highest BCUT2D eigenvalue weighted by atomic mass is 16.3. The maximum Gasteiger partial charge on any atom is 0.117 e. The van der Waals surface area contributed by atoms with Crippen molar-refractivity contribution in [3.8, 4) is 0 Å². The summed E-state index contributed by atoms with van der Waals surface area (Å²) in [4.78, 5) is 0. The second kappa shape index (κ2) is 5.33. The molecule has 0 aliphatic carbocycles. The van der Waals surface area contributed by atoms with E-state index in [-0.39, 0.29) is 0 Å². The Hall–Kier alpha value is -0.800. The molecular formula is C12H20N2O. The van der Waals surface area contributed by atoms with E-state index < -0.39 is 0 Å². The van der Waals surface area contributed by atoms with Crippen LogP contribution in [0.1, 0.15) is 25.5 Å². The van der Waals surface area contributed by atoms with Crippen LogP contribution in [-0.4, -0.2) is 19.1 Å². The molecule has 3 nitrogen and oxygen atoms in total. The summed E-state index contributed by atoms with van der Waals surface area (Å²) in [6, 6.07) is 4.62. The van der Waals surface area contributed by atoms with Crippen molar-refractivity contribution in [3.63, 3.8) is 0 Å². The molecule has 1 aliphatic heterocycles. The van der Waals surface area contributed by atoms with Crippen molar-refractivity contribution in [2.75, 3.05) is 13.1 Å². The second-order valence-corrected chi connectivity index (χ2v) is 4.46. The molecule has 2 atom stereocenters. The van der Waals surface area contributed by atoms with Crippen LogP contribution in [0, 0.1) is 5.92 Å². The van der Waals surface area contributed by atoms with Gasteiger partial charge in [0.15, 0.2) is 0 Å². The van der Waals surface area contributed by atoms with Crippen LogP contribution in [0.15, 0.2) is 22.8 Å². The Labute approximate surface area is 91.2 Å². The average molecular weight is 208 g/mol. The van der Waals surface area contributed by atoms with Gasteiger partial charge in [-0.3, -0.25) is 0 Å². The van der Waals surface area contributed by atoms with E-state index in [2.05, 4.69) is 17.6 Å². The van der Waals surface area contributed by atoms with Crippen molar-refractivity contribution in [1.29, 1.82) is 0 Å². The molecule has 84 valence electrons. The molecule has 3 heteroatoms. The van der Waals surface area contributed by atoms with E-state index >= 15 is 0 Å². The van der Waals surface area contributed by atoms with Crippen molar-refractivity contribution >= 4 is 0 Å². The van der Waals surface area contributed by atoms with Gasteiger partial charge in [0.25, 0.3) is 0 Å². The van der Waals surface area contributed by atoms with Gasteiger partial charge in [0.2, 0.25) is 0 Å². The van der Waals surface area contributed by atoms with Crippen LogP contribution >= 0.6 is 0 Å². The molecule has 1 aliphatic rings. The van der Waals surface area contributed by atoms with E-state index in [1.54, 1.807) is 6.26 Å². The van der Waals surface area contributed by atoms with Crippen molar-refractivity contribution < 1.29 is 4.42 Å². The first-order chi connectivity index (χ1) is 7.34. The van der Waals surface area contributed by atoms with E-state index in [0.717, 1.165) is 31.3 Å². The molecule has 0 radical (unpaired) electrons. The van der Waals surface area contributed by atoms with Crippen molar-refractivity contribution in [1.82, 2.24) is 10.6 Å². The highest BCUT2D eigenvalue weighted by Gasteiger charge is 2.17. The molecule has 2 heterocycles. The lowest BCUT2D eigenvalue weighted by Crippen LogP contribution is -2.39. The van der Waals surface area contributed by atoms with E-state index in [4.69, 9.17) is 4.42 Å². The lowest BCUT2D eigenvalue weighted by atomic mass is 9.93. The summed E-state index contributed by atoms with van der Waals surface area (Å²) < 4.78 is 5.27. The maximum atomic E-state index is 5.27. The predicted octanol–water partition coefficient (Wildman–Crippen LogP) is 1.76. The fourth-order valence-electron chi connectivity index (χ4n) is 2.23. The molecule has 1 saturated heterocycles. The highest BCUT2D eigenvalue weighted by molar-refractivity contribution is 4.97. The van der Waals surface area contributed by atoms with Gasteiger partial charge in [0.05, 0.1) is 12.8 Å². The zero-order valence-corrected chi connectivity index (χ0v) is 9.33. The lowest BCUT2D eigenvalue weighted by molar-refractivity contribution is 0.301. The zero-order valence-electron chi connectivity index (χ0n) is 9.33. The SMILES string of the molecule is CC1CC(CNCc2ccco2)CCN1. The van der Waals surface area contributed by atoms with Crippen LogP contribution in [0.5, 0.6) is 0 Å². The van der Waals surface area contributed by atoms with Crippen LogP contribution in [0.2, 0.25) is 0 Å². The molecule has 2 unspecified atom stereocenters. The van der Waals surface area contributed by atoms with Gasteiger partial charge in [-0.25, -0.2) is 0 Å². The maximum absolute atomic E-state index is 5.27. The Balaban J connectivity index is 1.65. The van der Waals surface area contributed by atoms with Crippen LogP contribution < -0.4 is 10.6 Å². The molecule has 0 amide bonds. The van der Waals surface area contributed by atoms with Crippen LogP contribution in [0.25, 0.3) is 0 Å². The van der Waals surface area contributed by atoms with Crippen LogP contribution in [0.4, 0.5) is 0 Å². The van der Waals surface area contributed by atoms with Crippen molar-refractivity contribution in [2.45, 2.75) is 32.4 Å². The topological polar surface area (TPSA) is 37.2 Å². The summed E-state index contributed by atoms with van der Waals surface area (Å²) in [5, 5.41) is 6.93. The molecule has 1 fully saturated rings. The quantitative estimate of drug-likeness (QED) is 0.791. The third-order valence-electron chi connectivity index (χ3n) is 3.04. The third-order valence-corrected chi connectivity index (χ3v) is 3.04. The fraction of sp³-hybridized carbons (Fsp3) is 0.667. The monoisotopic (exact) mass is 208 g/mol. The van der Waals surface area contributed by atoms with Gasteiger partial charge in [-0.05, 0) is 50.9 Å². The normalized spacial score (nSPS) is 26.7. The molecule has 2 rings (SSSR count). The predicted molar refractivity (Wildman–Crippen MR) is 60.6 cm³/mol. The van der Waals surface area contributed by atoms with Gasteiger partial charge in [0.1, 0.15) is 5.76 Å². The largest absolute Gasteiger partial charge is 0.468 e. The summed E-state index contributed by atoms with van der Waals surface area (Å²) in [5.74, 6) is 1.84. The van der Waals surface area contributed by atoms with Gasteiger partial charge < -0.3 is 15.1 Å². The van der Waals surface area contributed by atoms with Gasteiger partial charge in [-0.1, -0.05) is 0 Å². The molecule has 0 aromatic carbocycles. The summed E-state index contributed by atoms with van der Waals surface area (Å²) in [5.41, 5.74) is 0. The van der Waals surface area contributed by atoms with E-state index in [9.17, 15) is 0 Å². The summed E-state index contributed by atoms with van der Waals surface area (Å²) in [6.45, 7) is 5.38. The number of nitrogens with one attached hydrogen (secondary N) is 2. The summed E-state index contributed by atoms with van der Waals surface area (Å²) >= 11 is 0. The third kappa shape index (κ3) is 3.36. The minimum atomic E-state index is 0.675. The van der Waals surface area contributed by atoms with Gasteiger partial charge in [-0.15, -0.1) is 0 Å². The van der Waals surface area contributed by atoms with Crippen LogP contribution in [-0.2, 0) is 6.54 Å². The summed E-state index contributed by atoms with van der Waals surface area (Å²) in [6.07, 6.45) is 4.30. The van der Waals surface area contributed by atoms with E-state index in [1.807, 2.05) is 12.1 Å². The minimum absolute atomic E-state index is 0.675. The first-order valence-corrected chi connectivity index (χ1v) is 5.81. The van der Waals surface area contributed by atoms with Gasteiger partial charge in [0, 0.05) is 6.04 Å². The fourth-order valence-corrected chi connectivity index (χ4v) is 2.23. The Morgan fingerprint density at radius 1 is 1.60 bits per heavy atom. The molecule has 0 spiro atoms. The highest BCUT2D eigenvalue weighted by Crippen LogP contribution is 2.14. The molecule has 1 aromatic heterocycles. The zero-order chi connectivity index (χ0) is 10.5. The molecular weight excluding hydrogens is 188 g/mol. The number of hydrogen-bond donors (Lipinski definition) is 2. The second-order valence-electron chi connectivity index (χ2n) is 4.46. The molecule has 2 N–H and O–H groups in total. The van der Waals surface area contributed by atoms with Gasteiger partial charge >= 0.3 is 0 Å². The Morgan fingerprint density at radius 3 is 3.27 bits per heavy atom.